The summed E-state index contributed by atoms with van der Waals surface area (Å²) in [5.74, 6) is 0.0579. The van der Waals surface area contributed by atoms with Crippen molar-refractivity contribution in [2.24, 2.45) is 7.05 Å². The van der Waals surface area contributed by atoms with Crippen LogP contribution in [-0.4, -0.2) is 15.5 Å². The van der Waals surface area contributed by atoms with E-state index in [2.05, 4.69) is 10.3 Å². The van der Waals surface area contributed by atoms with Gasteiger partial charge in [0.2, 0.25) is 0 Å². The normalized spacial score (nSPS) is 10.8. The Bertz CT molecular complexity index is 839. The first-order chi connectivity index (χ1) is 10.1. The predicted molar refractivity (Wildman–Crippen MR) is 79.8 cm³/mol. The minimum atomic E-state index is -0.458. The molecule has 106 valence electrons. The zero-order valence-electron chi connectivity index (χ0n) is 11.7. The summed E-state index contributed by atoms with van der Waals surface area (Å²) in [5.41, 5.74) is 2.31. The molecule has 0 fully saturated rings. The van der Waals surface area contributed by atoms with Gasteiger partial charge in [0.1, 0.15) is 11.6 Å². The SMILES string of the molecule is Cc1nc2cc(C(=O)Nc3ccccc3F)ccc2n1C. The summed E-state index contributed by atoms with van der Waals surface area (Å²) in [6.07, 6.45) is 0. The van der Waals surface area contributed by atoms with Crippen LogP contribution in [0.3, 0.4) is 0 Å². The van der Waals surface area contributed by atoms with Crippen molar-refractivity contribution in [2.45, 2.75) is 6.92 Å². The molecule has 0 aliphatic heterocycles. The number of hydrogen-bond acceptors (Lipinski definition) is 2. The molecule has 1 aromatic heterocycles. The minimum absolute atomic E-state index is 0.166. The van der Waals surface area contributed by atoms with E-state index in [0.717, 1.165) is 16.9 Å². The van der Waals surface area contributed by atoms with Crippen molar-refractivity contribution < 1.29 is 9.18 Å². The molecule has 0 aliphatic rings. The number of aryl methyl sites for hydroxylation is 2. The number of fused-ring (bicyclic) bond motifs is 1. The van der Waals surface area contributed by atoms with Crippen LogP contribution < -0.4 is 5.32 Å². The van der Waals surface area contributed by atoms with Gasteiger partial charge in [0.15, 0.2) is 0 Å². The molecule has 21 heavy (non-hydrogen) atoms. The molecule has 1 N–H and O–H groups in total. The van der Waals surface area contributed by atoms with Crippen molar-refractivity contribution in [1.82, 2.24) is 9.55 Å². The van der Waals surface area contributed by atoms with Gasteiger partial charge < -0.3 is 9.88 Å². The summed E-state index contributed by atoms with van der Waals surface area (Å²) in [6, 6.07) is 11.3. The molecule has 2 aromatic carbocycles. The van der Waals surface area contributed by atoms with Crippen molar-refractivity contribution in [1.29, 1.82) is 0 Å². The Morgan fingerprint density at radius 2 is 2.00 bits per heavy atom. The first-order valence-corrected chi connectivity index (χ1v) is 6.55. The lowest BCUT2D eigenvalue weighted by Gasteiger charge is -2.06. The Kier molecular flexibility index (Phi) is 3.17. The molecule has 1 heterocycles. The maximum Gasteiger partial charge on any atom is 0.255 e. The van der Waals surface area contributed by atoms with Crippen LogP contribution in [0.2, 0.25) is 0 Å². The molecule has 3 rings (SSSR count). The van der Waals surface area contributed by atoms with Crippen molar-refractivity contribution in [2.75, 3.05) is 5.32 Å². The molecule has 3 aromatic rings. The number of carbonyl (C=O) groups is 1. The molecule has 0 unspecified atom stereocenters. The first-order valence-electron chi connectivity index (χ1n) is 6.55. The number of imidazole rings is 1. The number of para-hydroxylation sites is 1. The van der Waals surface area contributed by atoms with E-state index in [9.17, 15) is 9.18 Å². The number of benzene rings is 2. The molecular formula is C16H14FN3O. The van der Waals surface area contributed by atoms with Crippen LogP contribution in [-0.2, 0) is 7.05 Å². The largest absolute Gasteiger partial charge is 0.331 e. The summed E-state index contributed by atoms with van der Waals surface area (Å²) < 4.78 is 15.5. The second-order valence-corrected chi connectivity index (χ2v) is 4.86. The van der Waals surface area contributed by atoms with E-state index < -0.39 is 5.82 Å². The quantitative estimate of drug-likeness (QED) is 0.784. The number of anilines is 1. The summed E-state index contributed by atoms with van der Waals surface area (Å²) in [5, 5.41) is 2.56. The number of aromatic nitrogens is 2. The molecule has 0 bridgehead atoms. The number of rotatable bonds is 2. The Balaban J connectivity index is 1.93. The van der Waals surface area contributed by atoms with Crippen LogP contribution in [0.15, 0.2) is 42.5 Å². The maximum absolute atomic E-state index is 13.5. The number of nitrogens with zero attached hydrogens (tertiary/aromatic N) is 2. The van der Waals surface area contributed by atoms with Gasteiger partial charge in [0, 0.05) is 12.6 Å². The smallest absolute Gasteiger partial charge is 0.255 e. The molecule has 5 heteroatoms. The second kappa shape index (κ2) is 5.01. The molecule has 4 nitrogen and oxygen atoms in total. The summed E-state index contributed by atoms with van der Waals surface area (Å²) in [6.45, 7) is 1.90. The van der Waals surface area contributed by atoms with Crippen molar-refractivity contribution in [3.63, 3.8) is 0 Å². The lowest BCUT2D eigenvalue weighted by molar-refractivity contribution is 0.102. The van der Waals surface area contributed by atoms with Crippen molar-refractivity contribution in [3.8, 4) is 0 Å². The van der Waals surface area contributed by atoms with E-state index in [-0.39, 0.29) is 11.6 Å². The van der Waals surface area contributed by atoms with Gasteiger partial charge in [-0.25, -0.2) is 9.37 Å². The van der Waals surface area contributed by atoms with E-state index in [1.807, 2.05) is 24.6 Å². The number of hydrogen-bond donors (Lipinski definition) is 1. The summed E-state index contributed by atoms with van der Waals surface area (Å²) in [4.78, 5) is 16.6. The molecular weight excluding hydrogens is 269 g/mol. The molecule has 0 spiro atoms. The average molecular weight is 283 g/mol. The highest BCUT2D eigenvalue weighted by atomic mass is 19.1. The van der Waals surface area contributed by atoms with Crippen molar-refractivity contribution in [3.05, 3.63) is 59.7 Å². The monoisotopic (exact) mass is 283 g/mol. The molecule has 0 radical (unpaired) electrons. The highest BCUT2D eigenvalue weighted by Gasteiger charge is 2.11. The third-order valence-electron chi connectivity index (χ3n) is 3.49. The molecule has 0 saturated heterocycles. The van der Waals surface area contributed by atoms with E-state index >= 15 is 0 Å². The van der Waals surface area contributed by atoms with Crippen molar-refractivity contribution >= 4 is 22.6 Å². The van der Waals surface area contributed by atoms with Crippen LogP contribution in [0, 0.1) is 12.7 Å². The molecule has 0 atom stereocenters. The summed E-state index contributed by atoms with van der Waals surface area (Å²) >= 11 is 0. The fourth-order valence-electron chi connectivity index (χ4n) is 2.22. The standard InChI is InChI=1S/C16H14FN3O/c1-10-18-14-9-11(7-8-15(14)20(10)2)16(21)19-13-6-4-3-5-12(13)17/h3-9H,1-2H3,(H,19,21). The average Bonchev–Trinajstić information content (AvgIpc) is 2.76. The number of halogens is 1. The first kappa shape index (κ1) is 13.3. The molecule has 0 saturated carbocycles. The van der Waals surface area contributed by atoms with E-state index in [0.29, 0.717) is 5.56 Å². The lowest BCUT2D eigenvalue weighted by atomic mass is 10.2. The predicted octanol–water partition coefficient (Wildman–Crippen LogP) is 3.27. The Morgan fingerprint density at radius 3 is 2.76 bits per heavy atom. The number of amides is 1. The number of nitrogens with one attached hydrogen (secondary N) is 1. The van der Waals surface area contributed by atoms with Gasteiger partial charge in [-0.05, 0) is 37.3 Å². The van der Waals surface area contributed by atoms with Gasteiger partial charge in [-0.15, -0.1) is 0 Å². The fourth-order valence-corrected chi connectivity index (χ4v) is 2.22. The van der Waals surface area contributed by atoms with Gasteiger partial charge in [0.05, 0.1) is 16.7 Å². The topological polar surface area (TPSA) is 46.9 Å². The third-order valence-corrected chi connectivity index (χ3v) is 3.49. The highest BCUT2D eigenvalue weighted by Crippen LogP contribution is 2.18. The zero-order chi connectivity index (χ0) is 15.0. The highest BCUT2D eigenvalue weighted by molar-refractivity contribution is 6.06. The van der Waals surface area contributed by atoms with E-state index in [1.165, 1.54) is 12.1 Å². The maximum atomic E-state index is 13.5. The summed E-state index contributed by atoms with van der Waals surface area (Å²) in [7, 11) is 1.92. The zero-order valence-corrected chi connectivity index (χ0v) is 11.7. The molecule has 0 aliphatic carbocycles. The van der Waals surface area contributed by atoms with Gasteiger partial charge in [-0.3, -0.25) is 4.79 Å². The van der Waals surface area contributed by atoms with Crippen LogP contribution in [0.1, 0.15) is 16.2 Å². The van der Waals surface area contributed by atoms with Gasteiger partial charge in [-0.2, -0.15) is 0 Å². The van der Waals surface area contributed by atoms with Crippen LogP contribution >= 0.6 is 0 Å². The minimum Gasteiger partial charge on any atom is -0.331 e. The van der Waals surface area contributed by atoms with Crippen LogP contribution in [0.25, 0.3) is 11.0 Å². The van der Waals surface area contributed by atoms with Gasteiger partial charge in [0.25, 0.3) is 5.91 Å². The Labute approximate surface area is 121 Å². The second-order valence-electron chi connectivity index (χ2n) is 4.86. The Hall–Kier alpha value is -2.69. The van der Waals surface area contributed by atoms with E-state index in [1.54, 1.807) is 24.3 Å². The third kappa shape index (κ3) is 2.38. The van der Waals surface area contributed by atoms with Crippen LogP contribution in [0.5, 0.6) is 0 Å². The van der Waals surface area contributed by atoms with Gasteiger partial charge >= 0.3 is 0 Å². The Morgan fingerprint density at radius 1 is 1.24 bits per heavy atom. The van der Waals surface area contributed by atoms with Gasteiger partial charge in [-0.1, -0.05) is 12.1 Å². The number of carbonyl (C=O) groups excluding carboxylic acids is 1. The molecule has 1 amide bonds. The van der Waals surface area contributed by atoms with Crippen LogP contribution in [0.4, 0.5) is 10.1 Å². The lowest BCUT2D eigenvalue weighted by Crippen LogP contribution is -2.12. The van der Waals surface area contributed by atoms with E-state index in [4.69, 9.17) is 0 Å². The fraction of sp³-hybridized carbons (Fsp3) is 0.125.